The first-order valence-corrected chi connectivity index (χ1v) is 9.57. The predicted octanol–water partition coefficient (Wildman–Crippen LogP) is 3.34. The van der Waals surface area contributed by atoms with E-state index in [9.17, 15) is 0 Å². The van der Waals surface area contributed by atoms with Gasteiger partial charge in [-0.15, -0.1) is 24.0 Å². The smallest absolute Gasteiger partial charge is 0.194 e. The topological polar surface area (TPSA) is 40.1 Å². The summed E-state index contributed by atoms with van der Waals surface area (Å²) in [6.07, 6.45) is 0. The van der Waals surface area contributed by atoms with Gasteiger partial charge in [0.05, 0.1) is 6.61 Å². The number of aliphatic imine (C=N–C) groups is 1. The second-order valence-electron chi connectivity index (χ2n) is 6.85. The number of halogens is 1. The van der Waals surface area contributed by atoms with Crippen LogP contribution in [0.1, 0.15) is 16.7 Å². The Bertz CT molecular complexity index is 730. The van der Waals surface area contributed by atoms with E-state index in [1.807, 2.05) is 7.05 Å². The first kappa shape index (κ1) is 22.6. The van der Waals surface area contributed by atoms with Gasteiger partial charge in [0, 0.05) is 53.4 Å². The highest BCUT2D eigenvalue weighted by molar-refractivity contribution is 14.0. The van der Waals surface area contributed by atoms with Crippen LogP contribution in [-0.4, -0.2) is 56.1 Å². The quantitative estimate of drug-likeness (QED) is 0.380. The molecule has 0 aliphatic carbocycles. The van der Waals surface area contributed by atoms with Crippen LogP contribution in [0.4, 0.5) is 0 Å². The van der Waals surface area contributed by atoms with Gasteiger partial charge in [-0.05, 0) is 16.7 Å². The van der Waals surface area contributed by atoms with Gasteiger partial charge in [0.2, 0.25) is 0 Å². The molecular weight excluding hydrogens is 463 g/mol. The summed E-state index contributed by atoms with van der Waals surface area (Å²) < 4.78 is 5.30. The van der Waals surface area contributed by atoms with E-state index >= 15 is 0 Å². The molecule has 152 valence electrons. The van der Waals surface area contributed by atoms with Crippen molar-refractivity contribution in [3.63, 3.8) is 0 Å². The lowest BCUT2D eigenvalue weighted by atomic mass is 10.1. The molecule has 5 nitrogen and oxygen atoms in total. The molecule has 1 aliphatic rings. The first-order valence-electron chi connectivity index (χ1n) is 9.57. The summed E-state index contributed by atoms with van der Waals surface area (Å²) in [5.41, 5.74) is 3.85. The second kappa shape index (κ2) is 12.0. The van der Waals surface area contributed by atoms with E-state index < -0.39 is 0 Å². The molecule has 2 aromatic carbocycles. The third-order valence-electron chi connectivity index (χ3n) is 4.99. The zero-order chi connectivity index (χ0) is 18.9. The highest BCUT2D eigenvalue weighted by Gasteiger charge is 2.19. The summed E-state index contributed by atoms with van der Waals surface area (Å²) in [5, 5.41) is 3.52. The molecule has 0 unspecified atom stereocenters. The van der Waals surface area contributed by atoms with Gasteiger partial charge in [-0.25, -0.2) is 0 Å². The molecule has 2 aromatic rings. The molecule has 1 heterocycles. The molecule has 0 saturated carbocycles. The summed E-state index contributed by atoms with van der Waals surface area (Å²) >= 11 is 0. The molecule has 6 heteroatoms. The van der Waals surface area contributed by atoms with E-state index in [2.05, 4.69) is 74.7 Å². The van der Waals surface area contributed by atoms with Crippen LogP contribution in [0.5, 0.6) is 0 Å². The van der Waals surface area contributed by atoms with Crippen molar-refractivity contribution in [3.8, 4) is 0 Å². The van der Waals surface area contributed by atoms with Crippen LogP contribution >= 0.6 is 24.0 Å². The minimum Gasteiger partial charge on any atom is -0.380 e. The second-order valence-corrected chi connectivity index (χ2v) is 6.85. The van der Waals surface area contributed by atoms with E-state index in [0.717, 1.165) is 45.2 Å². The molecule has 28 heavy (non-hydrogen) atoms. The minimum absolute atomic E-state index is 0. The summed E-state index contributed by atoms with van der Waals surface area (Å²) in [7, 11) is 3.60. The van der Waals surface area contributed by atoms with Crippen LogP contribution in [-0.2, 0) is 24.4 Å². The van der Waals surface area contributed by atoms with Gasteiger partial charge >= 0.3 is 0 Å². The van der Waals surface area contributed by atoms with Crippen LogP contribution < -0.4 is 5.32 Å². The van der Waals surface area contributed by atoms with E-state index in [4.69, 9.17) is 4.74 Å². The van der Waals surface area contributed by atoms with E-state index in [0.29, 0.717) is 6.61 Å². The van der Waals surface area contributed by atoms with Crippen molar-refractivity contribution in [3.05, 3.63) is 71.3 Å². The van der Waals surface area contributed by atoms with Crippen molar-refractivity contribution in [2.75, 3.05) is 40.3 Å². The average Bonchev–Trinajstić information content (AvgIpc) is 2.72. The molecule has 0 amide bonds. The maximum atomic E-state index is 5.30. The Morgan fingerprint density at radius 1 is 0.964 bits per heavy atom. The molecular formula is C22H31IN4O. The molecule has 0 atom stereocenters. The van der Waals surface area contributed by atoms with Crippen LogP contribution in [0.15, 0.2) is 59.6 Å². The fourth-order valence-electron chi connectivity index (χ4n) is 3.49. The fourth-order valence-corrected chi connectivity index (χ4v) is 3.49. The standard InChI is InChI=1S/C22H30N4O.HI/c1-23-22(24-16-20-10-6-7-11-21(20)18-27-2)26-14-12-25(13-15-26)17-19-8-4-3-5-9-19;/h3-11H,12-18H2,1-2H3,(H,23,24);1H. The predicted molar refractivity (Wildman–Crippen MR) is 126 cm³/mol. The minimum atomic E-state index is 0. The number of hydrogen-bond acceptors (Lipinski definition) is 3. The Kier molecular flexibility index (Phi) is 9.73. The van der Waals surface area contributed by atoms with E-state index in [-0.39, 0.29) is 24.0 Å². The Labute approximate surface area is 185 Å². The fraction of sp³-hybridized carbons (Fsp3) is 0.409. The van der Waals surface area contributed by atoms with Crippen LogP contribution in [0.25, 0.3) is 0 Å². The number of hydrogen-bond donors (Lipinski definition) is 1. The average molecular weight is 494 g/mol. The molecule has 0 spiro atoms. The lowest BCUT2D eigenvalue weighted by Gasteiger charge is -2.36. The zero-order valence-electron chi connectivity index (χ0n) is 16.8. The maximum Gasteiger partial charge on any atom is 0.194 e. The Balaban J connectivity index is 0.00000280. The van der Waals surface area contributed by atoms with Gasteiger partial charge in [-0.2, -0.15) is 0 Å². The molecule has 1 aliphatic heterocycles. The largest absolute Gasteiger partial charge is 0.380 e. The lowest BCUT2D eigenvalue weighted by molar-refractivity contribution is 0.172. The number of piperazine rings is 1. The number of ether oxygens (including phenoxy) is 1. The summed E-state index contributed by atoms with van der Waals surface area (Å²) in [5.74, 6) is 0.974. The number of nitrogens with one attached hydrogen (secondary N) is 1. The Morgan fingerprint density at radius 3 is 2.25 bits per heavy atom. The van der Waals surface area contributed by atoms with Crippen molar-refractivity contribution < 1.29 is 4.74 Å². The number of methoxy groups -OCH3 is 1. The molecule has 1 fully saturated rings. The zero-order valence-corrected chi connectivity index (χ0v) is 19.1. The summed E-state index contributed by atoms with van der Waals surface area (Å²) in [4.78, 5) is 9.35. The molecule has 0 radical (unpaired) electrons. The van der Waals surface area contributed by atoms with Crippen LogP contribution in [0.3, 0.4) is 0 Å². The van der Waals surface area contributed by atoms with Crippen molar-refractivity contribution >= 4 is 29.9 Å². The van der Waals surface area contributed by atoms with Gasteiger partial charge in [0.15, 0.2) is 5.96 Å². The van der Waals surface area contributed by atoms with Gasteiger partial charge in [-0.3, -0.25) is 9.89 Å². The molecule has 0 bridgehead atoms. The monoisotopic (exact) mass is 494 g/mol. The van der Waals surface area contributed by atoms with E-state index in [1.54, 1.807) is 7.11 Å². The number of benzene rings is 2. The third-order valence-corrected chi connectivity index (χ3v) is 4.99. The van der Waals surface area contributed by atoms with Crippen LogP contribution in [0, 0.1) is 0 Å². The Hall–Kier alpha value is -1.64. The lowest BCUT2D eigenvalue weighted by Crippen LogP contribution is -2.52. The van der Waals surface area contributed by atoms with Gasteiger partial charge in [-0.1, -0.05) is 54.6 Å². The molecule has 3 rings (SSSR count). The normalized spacial score (nSPS) is 15.2. The highest BCUT2D eigenvalue weighted by Crippen LogP contribution is 2.11. The van der Waals surface area contributed by atoms with E-state index in [1.165, 1.54) is 16.7 Å². The summed E-state index contributed by atoms with van der Waals surface area (Å²) in [6, 6.07) is 19.1. The number of rotatable bonds is 6. The van der Waals surface area contributed by atoms with Gasteiger partial charge < -0.3 is 15.0 Å². The first-order chi connectivity index (χ1) is 13.3. The Morgan fingerprint density at radius 2 is 1.61 bits per heavy atom. The number of guanidine groups is 1. The third kappa shape index (κ3) is 6.46. The SMILES string of the molecule is CN=C(NCc1ccccc1COC)N1CCN(Cc2ccccc2)CC1.I. The van der Waals surface area contributed by atoms with Crippen molar-refractivity contribution in [1.29, 1.82) is 0 Å². The van der Waals surface area contributed by atoms with Crippen molar-refractivity contribution in [1.82, 2.24) is 15.1 Å². The maximum absolute atomic E-state index is 5.30. The number of nitrogens with zero attached hydrogens (tertiary/aromatic N) is 3. The van der Waals surface area contributed by atoms with Gasteiger partial charge in [0.25, 0.3) is 0 Å². The van der Waals surface area contributed by atoms with Crippen molar-refractivity contribution in [2.45, 2.75) is 19.7 Å². The molecule has 1 N–H and O–H groups in total. The van der Waals surface area contributed by atoms with Crippen LogP contribution in [0.2, 0.25) is 0 Å². The van der Waals surface area contributed by atoms with Gasteiger partial charge in [0.1, 0.15) is 0 Å². The highest BCUT2D eigenvalue weighted by atomic mass is 127. The summed E-state index contributed by atoms with van der Waals surface area (Å²) in [6.45, 7) is 6.50. The van der Waals surface area contributed by atoms with Crippen molar-refractivity contribution in [2.24, 2.45) is 4.99 Å². The molecule has 1 saturated heterocycles. The molecule has 0 aromatic heterocycles.